The molecule has 0 amide bonds. The van der Waals surface area contributed by atoms with Crippen LogP contribution in [0.5, 0.6) is 0 Å². The van der Waals surface area contributed by atoms with Crippen LogP contribution in [0.15, 0.2) is 22.4 Å². The van der Waals surface area contributed by atoms with Crippen LogP contribution in [0.3, 0.4) is 0 Å². The van der Waals surface area contributed by atoms with Gasteiger partial charge in [-0.15, -0.1) is 0 Å². The SMILES string of the molecule is O=c1ccsnc1. The van der Waals surface area contributed by atoms with E-state index in [0.717, 1.165) is 0 Å². The fourth-order valence-corrected chi connectivity index (χ4v) is 0.688. The standard InChI is InChI=1S/C4H3NOS/c6-4-1-2-7-5-3-4/h1-3H. The van der Waals surface area contributed by atoms with E-state index in [-0.39, 0.29) is 5.43 Å². The van der Waals surface area contributed by atoms with Crippen molar-refractivity contribution in [1.29, 1.82) is 0 Å². The molecule has 1 aromatic heterocycles. The van der Waals surface area contributed by atoms with E-state index < -0.39 is 0 Å². The molecule has 0 aromatic carbocycles. The lowest BCUT2D eigenvalue weighted by atomic mass is 10.6. The number of rotatable bonds is 0. The highest BCUT2D eigenvalue weighted by Crippen LogP contribution is 1.77. The van der Waals surface area contributed by atoms with Gasteiger partial charge in [-0.2, -0.15) is 4.37 Å². The Kier molecular flexibility index (Phi) is 1.17. The summed E-state index contributed by atoms with van der Waals surface area (Å²) in [6, 6.07) is 1.48. The maximum absolute atomic E-state index is 10.2. The van der Waals surface area contributed by atoms with Gasteiger partial charge >= 0.3 is 0 Å². The summed E-state index contributed by atoms with van der Waals surface area (Å²) >= 11 is 1.27. The molecule has 0 unspecified atom stereocenters. The van der Waals surface area contributed by atoms with Gasteiger partial charge in [-0.25, -0.2) is 0 Å². The van der Waals surface area contributed by atoms with Crippen molar-refractivity contribution in [2.45, 2.75) is 0 Å². The van der Waals surface area contributed by atoms with Crippen LogP contribution >= 0.6 is 11.5 Å². The molecule has 0 N–H and O–H groups in total. The molecule has 0 saturated heterocycles. The van der Waals surface area contributed by atoms with Gasteiger partial charge in [0.15, 0.2) is 5.43 Å². The van der Waals surface area contributed by atoms with Gasteiger partial charge in [0, 0.05) is 5.38 Å². The second kappa shape index (κ2) is 1.84. The van der Waals surface area contributed by atoms with E-state index in [1.807, 2.05) is 0 Å². The molecule has 0 aliphatic carbocycles. The van der Waals surface area contributed by atoms with Crippen LogP contribution in [0.4, 0.5) is 0 Å². The maximum Gasteiger partial charge on any atom is 0.198 e. The molecule has 0 atom stereocenters. The average molecular weight is 113 g/mol. The van der Waals surface area contributed by atoms with Crippen LogP contribution in [-0.4, -0.2) is 4.37 Å². The number of nitrogens with zero attached hydrogens (tertiary/aromatic N) is 1. The van der Waals surface area contributed by atoms with Crippen molar-refractivity contribution >= 4 is 11.5 Å². The molecule has 1 heterocycles. The second-order valence-electron chi connectivity index (χ2n) is 1.05. The molecular formula is C4H3NOS. The Morgan fingerprint density at radius 3 is 2.86 bits per heavy atom. The minimum atomic E-state index is -0.0289. The van der Waals surface area contributed by atoms with Crippen molar-refractivity contribution < 1.29 is 0 Å². The zero-order valence-electron chi connectivity index (χ0n) is 3.50. The summed E-state index contributed by atoms with van der Waals surface area (Å²) in [6.07, 6.45) is 1.30. The summed E-state index contributed by atoms with van der Waals surface area (Å²) in [5, 5.41) is 1.66. The zero-order chi connectivity index (χ0) is 5.11. The third-order valence-electron chi connectivity index (χ3n) is 0.534. The van der Waals surface area contributed by atoms with Crippen molar-refractivity contribution in [1.82, 2.24) is 4.37 Å². The molecule has 0 aliphatic rings. The van der Waals surface area contributed by atoms with E-state index in [9.17, 15) is 4.79 Å². The van der Waals surface area contributed by atoms with Crippen molar-refractivity contribution in [2.24, 2.45) is 0 Å². The third-order valence-corrected chi connectivity index (χ3v) is 1.02. The van der Waals surface area contributed by atoms with Gasteiger partial charge < -0.3 is 0 Å². The van der Waals surface area contributed by atoms with Crippen molar-refractivity contribution in [3.63, 3.8) is 0 Å². The Labute approximate surface area is 44.6 Å². The molecule has 1 aromatic rings. The molecule has 0 bridgehead atoms. The van der Waals surface area contributed by atoms with Gasteiger partial charge in [-0.1, -0.05) is 0 Å². The molecule has 0 saturated carbocycles. The Balaban J connectivity index is 3.28. The quantitative estimate of drug-likeness (QED) is 0.490. The summed E-state index contributed by atoms with van der Waals surface area (Å²) < 4.78 is 3.61. The third kappa shape index (κ3) is 1.08. The number of hydrogen-bond donors (Lipinski definition) is 0. The second-order valence-corrected chi connectivity index (χ2v) is 1.74. The highest BCUT2D eigenvalue weighted by Gasteiger charge is 1.73. The summed E-state index contributed by atoms with van der Waals surface area (Å²) in [7, 11) is 0. The predicted octanol–water partition coefficient (Wildman–Crippen LogP) is 0.503. The molecule has 0 fully saturated rings. The lowest BCUT2D eigenvalue weighted by molar-refractivity contribution is 1.46. The Bertz CT molecular complexity index is 177. The van der Waals surface area contributed by atoms with E-state index in [1.165, 1.54) is 23.8 Å². The van der Waals surface area contributed by atoms with Gasteiger partial charge in [0.05, 0.1) is 6.20 Å². The van der Waals surface area contributed by atoms with E-state index in [0.29, 0.717) is 0 Å². The monoisotopic (exact) mass is 113 g/mol. The van der Waals surface area contributed by atoms with Crippen LogP contribution in [0, 0.1) is 0 Å². The maximum atomic E-state index is 10.2. The minimum Gasteiger partial charge on any atom is -0.288 e. The van der Waals surface area contributed by atoms with Crippen molar-refractivity contribution in [2.75, 3.05) is 0 Å². The zero-order valence-corrected chi connectivity index (χ0v) is 4.31. The molecular weight excluding hydrogens is 110 g/mol. The summed E-state index contributed by atoms with van der Waals surface area (Å²) in [4.78, 5) is 10.2. The van der Waals surface area contributed by atoms with Crippen LogP contribution in [-0.2, 0) is 0 Å². The highest BCUT2D eigenvalue weighted by molar-refractivity contribution is 7.03. The summed E-state index contributed by atoms with van der Waals surface area (Å²) in [5.74, 6) is 0. The van der Waals surface area contributed by atoms with Crippen molar-refractivity contribution in [3.05, 3.63) is 27.9 Å². The van der Waals surface area contributed by atoms with Gasteiger partial charge in [-0.3, -0.25) is 4.79 Å². The first-order chi connectivity index (χ1) is 3.39. The van der Waals surface area contributed by atoms with Gasteiger partial charge in [0.1, 0.15) is 0 Å². The number of aromatic nitrogens is 1. The van der Waals surface area contributed by atoms with E-state index in [2.05, 4.69) is 4.37 Å². The Morgan fingerprint density at radius 2 is 2.57 bits per heavy atom. The lowest BCUT2D eigenvalue weighted by Crippen LogP contribution is -1.92. The molecule has 1 rings (SSSR count). The fraction of sp³-hybridized carbons (Fsp3) is 0. The minimum absolute atomic E-state index is 0.0289. The van der Waals surface area contributed by atoms with Crippen LogP contribution in [0.25, 0.3) is 0 Å². The van der Waals surface area contributed by atoms with Gasteiger partial charge in [0.2, 0.25) is 0 Å². The van der Waals surface area contributed by atoms with Crippen LogP contribution in [0.2, 0.25) is 0 Å². The lowest BCUT2D eigenvalue weighted by Gasteiger charge is -1.69. The molecule has 2 nitrogen and oxygen atoms in total. The van der Waals surface area contributed by atoms with Crippen molar-refractivity contribution in [3.8, 4) is 0 Å². The normalized spacial score (nSPS) is 8.57. The first-order valence-corrected chi connectivity index (χ1v) is 2.63. The highest BCUT2D eigenvalue weighted by atomic mass is 32.1. The topological polar surface area (TPSA) is 30.0 Å². The van der Waals surface area contributed by atoms with Gasteiger partial charge in [0.25, 0.3) is 0 Å². The van der Waals surface area contributed by atoms with E-state index in [4.69, 9.17) is 0 Å². The molecule has 0 aliphatic heterocycles. The van der Waals surface area contributed by atoms with E-state index >= 15 is 0 Å². The first-order valence-electron chi connectivity index (χ1n) is 1.79. The van der Waals surface area contributed by atoms with Crippen LogP contribution < -0.4 is 5.43 Å². The molecule has 0 spiro atoms. The van der Waals surface area contributed by atoms with Crippen LogP contribution in [0.1, 0.15) is 0 Å². The average Bonchev–Trinajstić information content (AvgIpc) is 1.69. The molecule has 7 heavy (non-hydrogen) atoms. The first kappa shape index (κ1) is 4.46. The molecule has 0 radical (unpaired) electrons. The summed E-state index contributed by atoms with van der Waals surface area (Å²) in [6.45, 7) is 0. The number of hydrogen-bond acceptors (Lipinski definition) is 3. The molecule has 36 valence electrons. The predicted molar refractivity (Wildman–Crippen MR) is 28.4 cm³/mol. The van der Waals surface area contributed by atoms with E-state index in [1.54, 1.807) is 5.38 Å². The fourth-order valence-electron chi connectivity index (χ4n) is 0.258. The molecule has 3 heteroatoms. The van der Waals surface area contributed by atoms with Gasteiger partial charge in [-0.05, 0) is 17.6 Å². The summed E-state index contributed by atoms with van der Waals surface area (Å²) in [5.41, 5.74) is -0.0289. The smallest absolute Gasteiger partial charge is 0.198 e. The Hall–Kier alpha value is -0.700. The Morgan fingerprint density at radius 1 is 1.71 bits per heavy atom. The largest absolute Gasteiger partial charge is 0.288 e.